The Morgan fingerprint density at radius 3 is 2.74 bits per heavy atom. The maximum atomic E-state index is 12.3. The number of hydrogen-bond acceptors (Lipinski definition) is 6. The van der Waals surface area contributed by atoms with E-state index in [1.54, 1.807) is 29.8 Å². The van der Waals surface area contributed by atoms with Gasteiger partial charge in [-0.05, 0) is 43.0 Å². The maximum absolute atomic E-state index is 12.3. The van der Waals surface area contributed by atoms with E-state index < -0.39 is 0 Å². The molecule has 1 fully saturated rings. The van der Waals surface area contributed by atoms with E-state index in [2.05, 4.69) is 36.7 Å². The molecule has 1 aliphatic rings. The van der Waals surface area contributed by atoms with Gasteiger partial charge in [0.05, 0.1) is 28.9 Å². The summed E-state index contributed by atoms with van der Waals surface area (Å²) in [6, 6.07) is 15.4. The fourth-order valence-electron chi connectivity index (χ4n) is 4.67. The number of imidazole rings is 1. The minimum Gasteiger partial charge on any atom is -0.310 e. The number of rotatable bonds is 5. The van der Waals surface area contributed by atoms with Crippen molar-refractivity contribution >= 4 is 11.3 Å². The molecule has 0 bridgehead atoms. The van der Waals surface area contributed by atoms with Crippen LogP contribution < -0.4 is 10.1 Å². The van der Waals surface area contributed by atoms with E-state index in [0.717, 1.165) is 65.7 Å². The molecule has 0 amide bonds. The Morgan fingerprint density at radius 2 is 1.92 bits per heavy atom. The zero-order valence-corrected chi connectivity index (χ0v) is 21.5. The van der Waals surface area contributed by atoms with E-state index in [1.807, 2.05) is 64.9 Å². The van der Waals surface area contributed by atoms with E-state index in [0.29, 0.717) is 5.95 Å². The summed E-state index contributed by atoms with van der Waals surface area (Å²) < 4.78 is 1.88. The Bertz CT molecular complexity index is 1630. The van der Waals surface area contributed by atoms with Crippen molar-refractivity contribution in [2.45, 2.75) is 25.3 Å². The fourth-order valence-corrected chi connectivity index (χ4v) is 5.35. The summed E-state index contributed by atoms with van der Waals surface area (Å²) in [4.78, 5) is 35.9. The van der Waals surface area contributed by atoms with Gasteiger partial charge in [0.15, 0.2) is 6.33 Å². The SMILES string of the molecule is O=c1cc(-c2cccs2)nc(C2CCCN(Cc3c[n+](-c4ncc(C#Cc5ccccc5)cn4)c[nH]3)C2)[nH]1. The number of hydrogen-bond donors (Lipinski definition) is 2. The van der Waals surface area contributed by atoms with Crippen LogP contribution in [0.1, 0.15) is 41.4 Å². The summed E-state index contributed by atoms with van der Waals surface area (Å²) >= 11 is 1.60. The van der Waals surface area contributed by atoms with Gasteiger partial charge < -0.3 is 4.98 Å². The molecule has 0 saturated carbocycles. The summed E-state index contributed by atoms with van der Waals surface area (Å²) in [6.45, 7) is 2.59. The van der Waals surface area contributed by atoms with Crippen molar-refractivity contribution < 1.29 is 4.57 Å². The number of aromatic amines is 2. The second-order valence-electron chi connectivity index (χ2n) is 9.29. The first-order chi connectivity index (χ1) is 18.7. The molecule has 1 aromatic carbocycles. The Kier molecular flexibility index (Phi) is 6.89. The number of H-pyrrole nitrogens is 2. The van der Waals surface area contributed by atoms with Crippen LogP contribution in [0.3, 0.4) is 0 Å². The second kappa shape index (κ2) is 10.9. The maximum Gasteiger partial charge on any atom is 0.388 e. The molecule has 1 atom stereocenters. The smallest absolute Gasteiger partial charge is 0.310 e. The van der Waals surface area contributed by atoms with Crippen LogP contribution in [0.5, 0.6) is 0 Å². The number of likely N-dealkylation sites (tertiary alicyclic amines) is 1. The van der Waals surface area contributed by atoms with Gasteiger partial charge in [0.25, 0.3) is 5.56 Å². The van der Waals surface area contributed by atoms with Crippen LogP contribution in [0.4, 0.5) is 0 Å². The first-order valence-corrected chi connectivity index (χ1v) is 13.4. The Balaban J connectivity index is 1.11. The first-order valence-electron chi connectivity index (χ1n) is 12.6. The second-order valence-corrected chi connectivity index (χ2v) is 10.2. The van der Waals surface area contributed by atoms with Crippen LogP contribution in [-0.2, 0) is 6.54 Å². The van der Waals surface area contributed by atoms with E-state index in [-0.39, 0.29) is 11.5 Å². The summed E-state index contributed by atoms with van der Waals surface area (Å²) in [7, 11) is 0. The highest BCUT2D eigenvalue weighted by molar-refractivity contribution is 7.13. The monoisotopic (exact) mass is 520 g/mol. The van der Waals surface area contributed by atoms with Crippen molar-refractivity contribution in [2.24, 2.45) is 0 Å². The Hall–Kier alpha value is -4.39. The third kappa shape index (κ3) is 5.62. The number of benzene rings is 1. The van der Waals surface area contributed by atoms with Gasteiger partial charge in [-0.2, -0.15) is 4.57 Å². The molecule has 5 heterocycles. The molecule has 5 aromatic rings. The van der Waals surface area contributed by atoms with Gasteiger partial charge in [0, 0.05) is 24.1 Å². The van der Waals surface area contributed by atoms with Crippen LogP contribution in [0.25, 0.3) is 16.5 Å². The largest absolute Gasteiger partial charge is 0.388 e. The summed E-state index contributed by atoms with van der Waals surface area (Å²) in [6.07, 6.45) is 9.42. The number of thiophene rings is 1. The molecule has 188 valence electrons. The van der Waals surface area contributed by atoms with Gasteiger partial charge in [0.1, 0.15) is 23.9 Å². The van der Waals surface area contributed by atoms with Crippen molar-refractivity contribution in [1.82, 2.24) is 29.8 Å². The average molecular weight is 521 g/mol. The van der Waals surface area contributed by atoms with Gasteiger partial charge in [-0.1, -0.05) is 36.1 Å². The third-order valence-corrected chi connectivity index (χ3v) is 7.39. The summed E-state index contributed by atoms with van der Waals surface area (Å²) in [5.41, 5.74) is 3.44. The predicted molar refractivity (Wildman–Crippen MR) is 146 cm³/mol. The molecule has 1 unspecified atom stereocenters. The van der Waals surface area contributed by atoms with Gasteiger partial charge >= 0.3 is 5.95 Å². The van der Waals surface area contributed by atoms with Gasteiger partial charge in [0.2, 0.25) is 0 Å². The van der Waals surface area contributed by atoms with Crippen molar-refractivity contribution in [1.29, 1.82) is 0 Å². The van der Waals surface area contributed by atoms with Gasteiger partial charge in [-0.15, -0.1) is 21.3 Å². The Morgan fingerprint density at radius 1 is 1.08 bits per heavy atom. The van der Waals surface area contributed by atoms with Crippen LogP contribution in [0.2, 0.25) is 0 Å². The predicted octanol–water partition coefficient (Wildman–Crippen LogP) is 3.67. The molecule has 8 nitrogen and oxygen atoms in total. The summed E-state index contributed by atoms with van der Waals surface area (Å²) in [5, 5.41) is 2.00. The minimum absolute atomic E-state index is 0.0991. The molecule has 6 rings (SSSR count). The quantitative estimate of drug-likeness (QED) is 0.272. The first kappa shape index (κ1) is 24.0. The topological polar surface area (TPSA) is 94.4 Å². The fraction of sp³-hybridized carbons (Fsp3) is 0.207. The molecule has 4 aromatic heterocycles. The Labute approximate surface area is 224 Å². The lowest BCUT2D eigenvalue weighted by Gasteiger charge is -2.31. The molecular formula is C29H26N7OS+. The average Bonchev–Trinajstić information content (AvgIpc) is 3.66. The van der Waals surface area contributed by atoms with Gasteiger partial charge in [-0.3, -0.25) is 14.7 Å². The highest BCUT2D eigenvalue weighted by atomic mass is 32.1. The number of aromatic nitrogens is 6. The van der Waals surface area contributed by atoms with Crippen molar-refractivity contribution in [3.05, 3.63) is 112 Å². The van der Waals surface area contributed by atoms with Crippen LogP contribution >= 0.6 is 11.3 Å². The number of piperidine rings is 1. The van der Waals surface area contributed by atoms with Crippen molar-refractivity contribution in [3.63, 3.8) is 0 Å². The normalized spacial score (nSPS) is 15.6. The van der Waals surface area contributed by atoms with Crippen LogP contribution in [0, 0.1) is 11.8 Å². The molecule has 0 radical (unpaired) electrons. The van der Waals surface area contributed by atoms with Crippen LogP contribution in [0.15, 0.2) is 83.6 Å². The summed E-state index contributed by atoms with van der Waals surface area (Å²) in [5.74, 6) is 7.78. The lowest BCUT2D eigenvalue weighted by Crippen LogP contribution is -2.35. The van der Waals surface area contributed by atoms with E-state index in [9.17, 15) is 4.79 Å². The molecular weight excluding hydrogens is 494 g/mol. The third-order valence-electron chi connectivity index (χ3n) is 6.50. The van der Waals surface area contributed by atoms with Gasteiger partial charge in [-0.25, -0.2) is 4.98 Å². The molecule has 2 N–H and O–H groups in total. The van der Waals surface area contributed by atoms with Crippen molar-refractivity contribution in [2.75, 3.05) is 13.1 Å². The highest BCUT2D eigenvalue weighted by Gasteiger charge is 2.25. The number of nitrogens with one attached hydrogen (secondary N) is 2. The lowest BCUT2D eigenvalue weighted by molar-refractivity contribution is -0.602. The standard InChI is InChI=1S/C29H25N7OS/c37-27-14-25(26-9-5-13-38-26)33-28(34-27)23-8-4-12-35(17-23)18-24-19-36(20-32-24)29-30-15-22(16-31-29)11-10-21-6-2-1-3-7-21/h1-3,5-7,9,13-16,19-20,23H,4,8,12,17-18H2,(H,33,34,37)/p+1. The molecule has 1 aliphatic heterocycles. The van der Waals surface area contributed by atoms with Crippen LogP contribution in [-0.4, -0.2) is 42.9 Å². The van der Waals surface area contributed by atoms with Crippen molar-refractivity contribution in [3.8, 4) is 28.4 Å². The lowest BCUT2D eigenvalue weighted by atomic mass is 9.97. The molecule has 1 saturated heterocycles. The number of nitrogens with zero attached hydrogens (tertiary/aromatic N) is 5. The minimum atomic E-state index is -0.0991. The van der Waals surface area contributed by atoms with E-state index >= 15 is 0 Å². The van der Waals surface area contributed by atoms with E-state index in [4.69, 9.17) is 4.98 Å². The molecule has 0 spiro atoms. The zero-order valence-electron chi connectivity index (χ0n) is 20.7. The molecule has 9 heteroatoms. The molecule has 38 heavy (non-hydrogen) atoms. The zero-order chi connectivity index (χ0) is 25.7. The molecule has 0 aliphatic carbocycles. The highest BCUT2D eigenvalue weighted by Crippen LogP contribution is 2.27. The van der Waals surface area contributed by atoms with E-state index in [1.165, 1.54) is 0 Å².